The molecule has 0 fully saturated rings. The summed E-state index contributed by atoms with van der Waals surface area (Å²) in [6, 6.07) is 80.7. The number of benzene rings is 10. The molecule has 0 atom stereocenters. The van der Waals surface area contributed by atoms with Crippen molar-refractivity contribution in [1.82, 2.24) is 0 Å². The fraction of sp³-hybridized carbons (Fsp3) is 0. The summed E-state index contributed by atoms with van der Waals surface area (Å²) in [5, 5.41) is 7.25. The SMILES string of the molecule is c1cc(-c2cccc3ccccc23)cc(N(c2ccc(-c3ccc(-c4cccc5ccccc45)cc3)cc2)c2ccccc2-c2ccc3c(c2)oc2ccccc23)c1. The van der Waals surface area contributed by atoms with Crippen LogP contribution in [0.4, 0.5) is 17.1 Å². The largest absolute Gasteiger partial charge is 0.456 e. The Bertz CT molecular complexity index is 3270. The number of rotatable bonds is 7. The van der Waals surface area contributed by atoms with Gasteiger partial charge in [-0.05, 0) is 109 Å². The van der Waals surface area contributed by atoms with Gasteiger partial charge in [0, 0.05) is 27.7 Å². The zero-order chi connectivity index (χ0) is 38.4. The Balaban J connectivity index is 1.02. The molecule has 0 unspecified atom stereocenters. The molecule has 0 spiro atoms. The highest BCUT2D eigenvalue weighted by molar-refractivity contribution is 6.06. The average molecular weight is 740 g/mol. The summed E-state index contributed by atoms with van der Waals surface area (Å²) in [6.07, 6.45) is 0. The Morgan fingerprint density at radius 1 is 0.276 bits per heavy atom. The minimum atomic E-state index is 0.883. The number of para-hydroxylation sites is 2. The molecule has 11 aromatic rings. The smallest absolute Gasteiger partial charge is 0.136 e. The van der Waals surface area contributed by atoms with Crippen LogP contribution < -0.4 is 4.90 Å². The van der Waals surface area contributed by atoms with Crippen molar-refractivity contribution < 1.29 is 4.42 Å². The molecular formula is C56H37NO. The number of fused-ring (bicyclic) bond motifs is 5. The summed E-state index contributed by atoms with van der Waals surface area (Å²) in [7, 11) is 0. The lowest BCUT2D eigenvalue weighted by atomic mass is 9.96. The van der Waals surface area contributed by atoms with Crippen LogP contribution >= 0.6 is 0 Å². The molecular weight excluding hydrogens is 703 g/mol. The van der Waals surface area contributed by atoms with E-state index in [2.05, 4.69) is 217 Å². The first kappa shape index (κ1) is 33.6. The fourth-order valence-corrected chi connectivity index (χ4v) is 8.65. The van der Waals surface area contributed by atoms with E-state index >= 15 is 0 Å². The van der Waals surface area contributed by atoms with Gasteiger partial charge in [0.1, 0.15) is 11.2 Å². The third-order valence-corrected chi connectivity index (χ3v) is 11.5. The average Bonchev–Trinajstić information content (AvgIpc) is 3.67. The maximum absolute atomic E-state index is 6.38. The summed E-state index contributed by atoms with van der Waals surface area (Å²) < 4.78 is 6.38. The highest BCUT2D eigenvalue weighted by atomic mass is 16.3. The molecule has 0 aliphatic rings. The molecule has 272 valence electrons. The summed E-state index contributed by atoms with van der Waals surface area (Å²) in [6.45, 7) is 0. The van der Waals surface area contributed by atoms with Crippen molar-refractivity contribution in [1.29, 1.82) is 0 Å². The third-order valence-electron chi connectivity index (χ3n) is 11.5. The molecule has 11 rings (SSSR count). The fourth-order valence-electron chi connectivity index (χ4n) is 8.65. The van der Waals surface area contributed by atoms with Crippen molar-refractivity contribution in [2.75, 3.05) is 4.90 Å². The molecule has 0 aliphatic carbocycles. The minimum Gasteiger partial charge on any atom is -0.456 e. The number of nitrogens with zero attached hydrogens (tertiary/aromatic N) is 1. The quantitative estimate of drug-likeness (QED) is 0.162. The molecule has 0 aliphatic heterocycles. The number of furan rings is 1. The molecule has 1 aromatic heterocycles. The lowest BCUT2D eigenvalue weighted by Gasteiger charge is -2.28. The predicted molar refractivity (Wildman–Crippen MR) is 245 cm³/mol. The first-order chi connectivity index (χ1) is 28.7. The molecule has 0 bridgehead atoms. The van der Waals surface area contributed by atoms with Gasteiger partial charge < -0.3 is 9.32 Å². The van der Waals surface area contributed by atoms with E-state index in [-0.39, 0.29) is 0 Å². The number of anilines is 3. The van der Waals surface area contributed by atoms with Crippen LogP contribution in [0.2, 0.25) is 0 Å². The maximum Gasteiger partial charge on any atom is 0.136 e. The topological polar surface area (TPSA) is 16.4 Å². The normalized spacial score (nSPS) is 11.4. The van der Waals surface area contributed by atoms with E-state index in [1.54, 1.807) is 0 Å². The van der Waals surface area contributed by atoms with Crippen LogP contribution in [0.25, 0.3) is 88.0 Å². The Hall–Kier alpha value is -7.68. The predicted octanol–water partition coefficient (Wildman–Crippen LogP) is 16.0. The van der Waals surface area contributed by atoms with Crippen molar-refractivity contribution in [2.24, 2.45) is 0 Å². The molecule has 10 aromatic carbocycles. The van der Waals surface area contributed by atoms with Crippen molar-refractivity contribution in [3.63, 3.8) is 0 Å². The first-order valence-corrected chi connectivity index (χ1v) is 19.8. The Morgan fingerprint density at radius 2 is 0.776 bits per heavy atom. The van der Waals surface area contributed by atoms with Gasteiger partial charge in [-0.1, -0.05) is 176 Å². The van der Waals surface area contributed by atoms with Crippen LogP contribution in [0.15, 0.2) is 229 Å². The highest BCUT2D eigenvalue weighted by Crippen LogP contribution is 2.44. The Kier molecular flexibility index (Phi) is 8.19. The lowest BCUT2D eigenvalue weighted by Crippen LogP contribution is -2.11. The van der Waals surface area contributed by atoms with Gasteiger partial charge in [-0.15, -0.1) is 0 Å². The second-order valence-electron chi connectivity index (χ2n) is 14.9. The monoisotopic (exact) mass is 739 g/mol. The van der Waals surface area contributed by atoms with Gasteiger partial charge in [-0.25, -0.2) is 0 Å². The van der Waals surface area contributed by atoms with Gasteiger partial charge in [0.25, 0.3) is 0 Å². The number of hydrogen-bond donors (Lipinski definition) is 0. The standard InChI is InChI=1S/C56H37NO/c1-3-18-47-40(12-1)14-10-22-49(47)42-28-26-38(27-29-42)39-30-33-45(34-31-39)57(46-17-9-16-43(36-46)50-23-11-15-41-13-2-4-19-48(41)50)54-24-7-5-20-51(54)44-32-35-53-52-21-6-8-25-55(52)58-56(53)37-44/h1-37H. The van der Waals surface area contributed by atoms with E-state index in [1.165, 1.54) is 54.9 Å². The maximum atomic E-state index is 6.38. The minimum absolute atomic E-state index is 0.883. The molecule has 2 nitrogen and oxygen atoms in total. The molecule has 0 amide bonds. The van der Waals surface area contributed by atoms with E-state index in [4.69, 9.17) is 4.42 Å². The van der Waals surface area contributed by atoms with Gasteiger partial charge in [0.05, 0.1) is 5.69 Å². The van der Waals surface area contributed by atoms with Crippen LogP contribution in [0.1, 0.15) is 0 Å². The Labute approximate surface area is 337 Å². The van der Waals surface area contributed by atoms with Gasteiger partial charge in [0.15, 0.2) is 0 Å². The molecule has 0 N–H and O–H groups in total. The zero-order valence-electron chi connectivity index (χ0n) is 31.7. The molecule has 0 saturated heterocycles. The molecule has 1 heterocycles. The van der Waals surface area contributed by atoms with Gasteiger partial charge >= 0.3 is 0 Å². The van der Waals surface area contributed by atoms with Gasteiger partial charge in [-0.3, -0.25) is 0 Å². The van der Waals surface area contributed by atoms with Crippen molar-refractivity contribution in [2.45, 2.75) is 0 Å². The summed E-state index contributed by atoms with van der Waals surface area (Å²) >= 11 is 0. The second-order valence-corrected chi connectivity index (χ2v) is 14.9. The van der Waals surface area contributed by atoms with E-state index in [1.807, 2.05) is 12.1 Å². The summed E-state index contributed by atoms with van der Waals surface area (Å²) in [4.78, 5) is 2.39. The van der Waals surface area contributed by atoms with E-state index in [0.717, 1.165) is 50.1 Å². The van der Waals surface area contributed by atoms with Crippen molar-refractivity contribution in [3.05, 3.63) is 224 Å². The van der Waals surface area contributed by atoms with Crippen LogP contribution in [0, 0.1) is 0 Å². The zero-order valence-corrected chi connectivity index (χ0v) is 31.7. The highest BCUT2D eigenvalue weighted by Gasteiger charge is 2.19. The van der Waals surface area contributed by atoms with Crippen LogP contribution in [-0.4, -0.2) is 0 Å². The van der Waals surface area contributed by atoms with Crippen LogP contribution in [-0.2, 0) is 0 Å². The Morgan fingerprint density at radius 3 is 1.52 bits per heavy atom. The first-order valence-electron chi connectivity index (χ1n) is 19.8. The van der Waals surface area contributed by atoms with Crippen molar-refractivity contribution >= 4 is 60.5 Å². The van der Waals surface area contributed by atoms with Crippen LogP contribution in [0.5, 0.6) is 0 Å². The molecule has 0 radical (unpaired) electrons. The summed E-state index contributed by atoms with van der Waals surface area (Å²) in [5.74, 6) is 0. The molecule has 0 saturated carbocycles. The molecule has 2 heteroatoms. The van der Waals surface area contributed by atoms with Gasteiger partial charge in [-0.2, -0.15) is 0 Å². The molecule has 58 heavy (non-hydrogen) atoms. The second kappa shape index (κ2) is 14.1. The lowest BCUT2D eigenvalue weighted by molar-refractivity contribution is 0.669. The van der Waals surface area contributed by atoms with E-state index < -0.39 is 0 Å². The van der Waals surface area contributed by atoms with E-state index in [9.17, 15) is 0 Å². The third kappa shape index (κ3) is 5.91. The summed E-state index contributed by atoms with van der Waals surface area (Å²) in [5.41, 5.74) is 14.4. The number of hydrogen-bond acceptors (Lipinski definition) is 2. The van der Waals surface area contributed by atoms with Crippen LogP contribution in [0.3, 0.4) is 0 Å². The van der Waals surface area contributed by atoms with Crippen molar-refractivity contribution in [3.8, 4) is 44.5 Å². The van der Waals surface area contributed by atoms with E-state index in [0.29, 0.717) is 0 Å². The van der Waals surface area contributed by atoms with Gasteiger partial charge in [0.2, 0.25) is 0 Å².